The van der Waals surface area contributed by atoms with E-state index in [1.54, 1.807) is 48.5 Å². The molecule has 4 aromatic rings. The van der Waals surface area contributed by atoms with Crippen molar-refractivity contribution in [2.75, 3.05) is 11.9 Å². The summed E-state index contributed by atoms with van der Waals surface area (Å²) in [6.07, 6.45) is 1.18. The molecule has 2 atom stereocenters. The van der Waals surface area contributed by atoms with Crippen molar-refractivity contribution < 1.29 is 26.4 Å². The Morgan fingerprint density at radius 3 is 1.98 bits per heavy atom. The molecule has 6 nitrogen and oxygen atoms in total. The van der Waals surface area contributed by atoms with Crippen molar-refractivity contribution in [2.24, 2.45) is 0 Å². The number of rotatable bonds is 15. The van der Waals surface area contributed by atoms with Crippen molar-refractivity contribution in [3.05, 3.63) is 131 Å². The number of nitrogens with one attached hydrogen (secondary N) is 3. The van der Waals surface area contributed by atoms with E-state index in [1.165, 1.54) is 48.5 Å². The highest BCUT2D eigenvalue weighted by Gasteiger charge is 2.23. The van der Waals surface area contributed by atoms with E-state index in [0.29, 0.717) is 17.7 Å². The molecule has 0 saturated carbocycles. The van der Waals surface area contributed by atoms with Crippen LogP contribution < -0.4 is 15.4 Å². The zero-order chi connectivity index (χ0) is 32.4. The lowest BCUT2D eigenvalue weighted by Crippen LogP contribution is -2.44. The molecular weight excluding hydrogens is 599 g/mol. The van der Waals surface area contributed by atoms with Crippen LogP contribution in [0.5, 0.6) is 0 Å². The summed E-state index contributed by atoms with van der Waals surface area (Å²) in [5.41, 5.74) is 1.86. The Morgan fingerprint density at radius 2 is 1.40 bits per heavy atom. The molecule has 45 heavy (non-hydrogen) atoms. The summed E-state index contributed by atoms with van der Waals surface area (Å²) in [7, 11) is -3.83. The summed E-state index contributed by atoms with van der Waals surface area (Å²) in [5, 5.41) is 6.15. The number of halogens is 3. The molecule has 0 unspecified atom stereocenters. The van der Waals surface area contributed by atoms with Gasteiger partial charge in [0.05, 0.1) is 4.90 Å². The summed E-state index contributed by atoms with van der Waals surface area (Å²) in [5.74, 6) is -2.30. The summed E-state index contributed by atoms with van der Waals surface area (Å²) < 4.78 is 71.5. The molecule has 0 spiro atoms. The Bertz CT molecular complexity index is 1610. The van der Waals surface area contributed by atoms with Crippen molar-refractivity contribution >= 4 is 21.6 Å². The molecule has 0 aromatic heterocycles. The van der Waals surface area contributed by atoms with E-state index in [4.69, 9.17) is 0 Å². The normalized spacial score (nSPS) is 13.0. The molecule has 0 radical (unpaired) electrons. The maximum atomic E-state index is 15.2. The minimum absolute atomic E-state index is 0.0639. The topological polar surface area (TPSA) is 87.3 Å². The highest BCUT2D eigenvalue weighted by atomic mass is 32.2. The quantitative estimate of drug-likeness (QED) is 0.132. The average Bonchev–Trinajstić information content (AvgIpc) is 3.03. The monoisotopic (exact) mass is 637 g/mol. The van der Waals surface area contributed by atoms with Crippen molar-refractivity contribution in [3.63, 3.8) is 0 Å². The highest BCUT2D eigenvalue weighted by Crippen LogP contribution is 2.30. The second-order valence-corrected chi connectivity index (χ2v) is 12.8. The van der Waals surface area contributed by atoms with Gasteiger partial charge in [-0.05, 0) is 85.8 Å². The maximum absolute atomic E-state index is 15.2. The van der Waals surface area contributed by atoms with Crippen LogP contribution in [0.25, 0.3) is 0 Å². The molecule has 0 aliphatic rings. The van der Waals surface area contributed by atoms with Crippen LogP contribution in [-0.4, -0.2) is 33.0 Å². The van der Waals surface area contributed by atoms with Crippen LogP contribution in [0.2, 0.25) is 0 Å². The van der Waals surface area contributed by atoms with Crippen LogP contribution in [0, 0.1) is 17.5 Å². The second kappa shape index (κ2) is 15.8. The van der Waals surface area contributed by atoms with E-state index in [2.05, 4.69) is 15.4 Å². The van der Waals surface area contributed by atoms with Gasteiger partial charge < -0.3 is 10.6 Å². The lowest BCUT2D eigenvalue weighted by Gasteiger charge is -2.23. The molecule has 0 aliphatic heterocycles. The third kappa shape index (κ3) is 9.75. The molecule has 4 aromatic carbocycles. The Kier molecular flexibility index (Phi) is 11.9. The van der Waals surface area contributed by atoms with Gasteiger partial charge >= 0.3 is 0 Å². The summed E-state index contributed by atoms with van der Waals surface area (Å²) in [6, 6.07) is 23.5. The zero-order valence-corrected chi connectivity index (χ0v) is 26.1. The van der Waals surface area contributed by atoms with Gasteiger partial charge in [-0.1, -0.05) is 55.5 Å². The van der Waals surface area contributed by atoms with Crippen LogP contribution in [-0.2, 0) is 21.2 Å². The van der Waals surface area contributed by atoms with Crippen LogP contribution in [0.15, 0.2) is 102 Å². The predicted molar refractivity (Wildman–Crippen MR) is 171 cm³/mol. The molecule has 10 heteroatoms. The third-order valence-corrected chi connectivity index (χ3v) is 9.31. The molecular formula is C35H38F3N3O3S. The van der Waals surface area contributed by atoms with Crippen molar-refractivity contribution in [1.29, 1.82) is 0 Å². The zero-order valence-electron chi connectivity index (χ0n) is 25.3. The molecule has 0 fully saturated rings. The number of hydrogen-bond acceptors (Lipinski definition) is 4. The Labute approximate surface area is 263 Å². The number of carbonyl (C=O) groups is 1. The minimum Gasteiger partial charge on any atom is -0.326 e. The smallest absolute Gasteiger partial charge is 0.240 e. The standard InChI is InChI=1S/C35H38F3N3O3S/c1-3-24(2)39-23-29(41-45(43,44)30-8-5-4-6-9-30)20-21-31-33(38)10-7-11-34(31)40-35(42)22-32(25-12-16-27(36)17-13-25)26-14-18-28(37)19-15-26/h4-19,24,29,32,39,41H,3,20-23H2,1-2H3,(H,40,42)/t24-,29-/m0/s1. The highest BCUT2D eigenvalue weighted by molar-refractivity contribution is 7.89. The lowest BCUT2D eigenvalue weighted by molar-refractivity contribution is -0.116. The van der Waals surface area contributed by atoms with Crippen LogP contribution in [0.4, 0.5) is 18.9 Å². The molecule has 0 saturated heterocycles. The van der Waals surface area contributed by atoms with Gasteiger partial charge in [-0.25, -0.2) is 26.3 Å². The van der Waals surface area contributed by atoms with Gasteiger partial charge in [-0.2, -0.15) is 0 Å². The van der Waals surface area contributed by atoms with Gasteiger partial charge in [-0.3, -0.25) is 4.79 Å². The first kappa shape index (κ1) is 33.9. The molecule has 4 rings (SSSR count). The second-order valence-electron chi connectivity index (χ2n) is 11.1. The number of amides is 1. The van der Waals surface area contributed by atoms with Crippen LogP contribution in [0.1, 0.15) is 55.7 Å². The van der Waals surface area contributed by atoms with Crippen LogP contribution >= 0.6 is 0 Å². The first-order valence-electron chi connectivity index (χ1n) is 14.9. The van der Waals surface area contributed by atoms with Gasteiger partial charge in [0.15, 0.2) is 0 Å². The van der Waals surface area contributed by atoms with Gasteiger partial charge in [0.25, 0.3) is 0 Å². The van der Waals surface area contributed by atoms with E-state index in [0.717, 1.165) is 6.42 Å². The fourth-order valence-corrected chi connectivity index (χ4v) is 6.32. The van der Waals surface area contributed by atoms with Gasteiger partial charge in [0.1, 0.15) is 17.5 Å². The lowest BCUT2D eigenvalue weighted by atomic mass is 9.88. The summed E-state index contributed by atoms with van der Waals surface area (Å²) in [6.45, 7) is 4.35. The average molecular weight is 638 g/mol. The summed E-state index contributed by atoms with van der Waals surface area (Å²) >= 11 is 0. The molecule has 1 amide bonds. The number of hydrogen-bond donors (Lipinski definition) is 3. The minimum atomic E-state index is -3.83. The SMILES string of the molecule is CC[C@H](C)NC[C@H](CCc1c(F)cccc1NC(=O)CC(c1ccc(F)cc1)c1ccc(F)cc1)NS(=O)(=O)c1ccccc1. The fraction of sp³-hybridized carbons (Fsp3) is 0.286. The third-order valence-electron chi connectivity index (χ3n) is 7.77. The van der Waals surface area contributed by atoms with E-state index in [-0.39, 0.29) is 41.5 Å². The Morgan fingerprint density at radius 1 is 0.800 bits per heavy atom. The molecule has 0 bridgehead atoms. The fourth-order valence-electron chi connectivity index (χ4n) is 5.03. The van der Waals surface area contributed by atoms with Crippen LogP contribution in [0.3, 0.4) is 0 Å². The van der Waals surface area contributed by atoms with E-state index < -0.39 is 45.3 Å². The maximum Gasteiger partial charge on any atom is 0.240 e. The Hall–Kier alpha value is -3.99. The molecule has 0 aliphatic carbocycles. The first-order chi connectivity index (χ1) is 21.6. The largest absolute Gasteiger partial charge is 0.326 e. The predicted octanol–water partition coefficient (Wildman–Crippen LogP) is 6.93. The molecule has 0 heterocycles. The van der Waals surface area contributed by atoms with E-state index in [1.807, 2.05) is 13.8 Å². The number of carbonyl (C=O) groups excluding carboxylic acids is 1. The summed E-state index contributed by atoms with van der Waals surface area (Å²) in [4.78, 5) is 13.5. The Balaban J connectivity index is 1.52. The van der Waals surface area contributed by atoms with E-state index >= 15 is 4.39 Å². The van der Waals surface area contributed by atoms with E-state index in [9.17, 15) is 22.0 Å². The van der Waals surface area contributed by atoms with Crippen molar-refractivity contribution in [2.45, 2.75) is 62.4 Å². The molecule has 3 N–H and O–H groups in total. The number of benzene rings is 4. The number of sulfonamides is 1. The first-order valence-corrected chi connectivity index (χ1v) is 16.4. The molecule has 238 valence electrons. The van der Waals surface area contributed by atoms with Gasteiger partial charge in [-0.15, -0.1) is 0 Å². The van der Waals surface area contributed by atoms with Crippen molar-refractivity contribution in [3.8, 4) is 0 Å². The van der Waals surface area contributed by atoms with Crippen molar-refractivity contribution in [1.82, 2.24) is 10.0 Å². The number of anilines is 1. The van der Waals surface area contributed by atoms with Gasteiger partial charge in [0.2, 0.25) is 15.9 Å². The van der Waals surface area contributed by atoms with Gasteiger partial charge in [0, 0.05) is 42.2 Å².